The van der Waals surface area contributed by atoms with Gasteiger partial charge in [-0.3, -0.25) is 0 Å². The highest BCUT2D eigenvalue weighted by Crippen LogP contribution is 2.28. The molecule has 0 bridgehead atoms. The van der Waals surface area contributed by atoms with E-state index in [-0.39, 0.29) is 12.2 Å². The monoisotopic (exact) mass is 298 g/mol. The molecule has 2 nitrogen and oxygen atoms in total. The van der Waals surface area contributed by atoms with E-state index in [9.17, 15) is 13.9 Å². The van der Waals surface area contributed by atoms with Crippen LogP contribution in [0.4, 0.5) is 8.78 Å². The van der Waals surface area contributed by atoms with Crippen LogP contribution >= 0.6 is 11.6 Å². The molecule has 0 aliphatic carbocycles. The molecule has 0 spiro atoms. The average Bonchev–Trinajstić information content (AvgIpc) is 2.38. The predicted molar refractivity (Wildman–Crippen MR) is 72.8 cm³/mol. The fourth-order valence-electron chi connectivity index (χ4n) is 1.69. The SMILES string of the molecule is C[C@H](O)c1ccc(OCc2ccc(F)cc2F)c(Cl)c1. The number of aliphatic hydroxyl groups excluding tert-OH is 1. The minimum absolute atomic E-state index is 0.0557. The summed E-state index contributed by atoms with van der Waals surface area (Å²) < 4.78 is 31.6. The molecular weight excluding hydrogens is 286 g/mol. The Morgan fingerprint density at radius 3 is 2.55 bits per heavy atom. The van der Waals surface area contributed by atoms with E-state index in [1.165, 1.54) is 12.1 Å². The van der Waals surface area contributed by atoms with E-state index in [0.29, 0.717) is 16.3 Å². The molecule has 2 aromatic carbocycles. The van der Waals surface area contributed by atoms with Crippen molar-refractivity contribution in [2.24, 2.45) is 0 Å². The van der Waals surface area contributed by atoms with Crippen LogP contribution in [0, 0.1) is 11.6 Å². The first-order valence-corrected chi connectivity index (χ1v) is 6.39. The number of benzene rings is 2. The van der Waals surface area contributed by atoms with Crippen LogP contribution in [0.1, 0.15) is 24.2 Å². The zero-order valence-corrected chi connectivity index (χ0v) is 11.5. The standard InChI is InChI=1S/C15H13ClF2O2/c1-9(19)10-3-5-15(13(16)6-10)20-8-11-2-4-12(17)7-14(11)18/h2-7,9,19H,8H2,1H3/t9-/m0/s1. The largest absolute Gasteiger partial charge is 0.487 e. The second-order valence-corrected chi connectivity index (χ2v) is 4.80. The van der Waals surface area contributed by atoms with Gasteiger partial charge in [-0.2, -0.15) is 0 Å². The van der Waals surface area contributed by atoms with Gasteiger partial charge in [-0.05, 0) is 36.8 Å². The van der Waals surface area contributed by atoms with Gasteiger partial charge in [-0.25, -0.2) is 8.78 Å². The number of ether oxygens (including phenoxy) is 1. The summed E-state index contributed by atoms with van der Waals surface area (Å²) in [6, 6.07) is 8.15. The first-order valence-electron chi connectivity index (χ1n) is 6.01. The van der Waals surface area contributed by atoms with Crippen molar-refractivity contribution < 1.29 is 18.6 Å². The smallest absolute Gasteiger partial charge is 0.138 e. The number of aliphatic hydroxyl groups is 1. The normalized spacial score (nSPS) is 12.2. The van der Waals surface area contributed by atoms with Gasteiger partial charge in [0.2, 0.25) is 0 Å². The topological polar surface area (TPSA) is 29.5 Å². The van der Waals surface area contributed by atoms with Gasteiger partial charge in [-0.15, -0.1) is 0 Å². The van der Waals surface area contributed by atoms with Gasteiger partial charge < -0.3 is 9.84 Å². The van der Waals surface area contributed by atoms with E-state index in [1.807, 2.05) is 0 Å². The highest BCUT2D eigenvalue weighted by Gasteiger charge is 2.09. The summed E-state index contributed by atoms with van der Waals surface area (Å²) in [5.41, 5.74) is 0.900. The minimum Gasteiger partial charge on any atom is -0.487 e. The maximum Gasteiger partial charge on any atom is 0.138 e. The van der Waals surface area contributed by atoms with Crippen LogP contribution in [-0.4, -0.2) is 5.11 Å². The third kappa shape index (κ3) is 3.46. The molecule has 0 radical (unpaired) electrons. The summed E-state index contributed by atoms with van der Waals surface area (Å²) >= 11 is 6.01. The van der Waals surface area contributed by atoms with Gasteiger partial charge in [0.25, 0.3) is 0 Å². The molecule has 0 aliphatic heterocycles. The molecule has 0 amide bonds. The Morgan fingerprint density at radius 2 is 1.95 bits per heavy atom. The summed E-state index contributed by atoms with van der Waals surface area (Å²) in [5, 5.41) is 9.75. The maximum atomic E-state index is 13.4. The predicted octanol–water partition coefficient (Wildman–Crippen LogP) is 4.25. The molecule has 0 fully saturated rings. The third-order valence-electron chi connectivity index (χ3n) is 2.84. The van der Waals surface area contributed by atoms with Crippen molar-refractivity contribution in [1.29, 1.82) is 0 Å². The van der Waals surface area contributed by atoms with Crippen LogP contribution in [-0.2, 0) is 6.61 Å². The van der Waals surface area contributed by atoms with Crippen LogP contribution < -0.4 is 4.74 Å². The number of rotatable bonds is 4. The summed E-state index contributed by atoms with van der Waals surface area (Å²) in [6.45, 7) is 1.57. The van der Waals surface area contributed by atoms with Gasteiger partial charge >= 0.3 is 0 Å². The molecule has 1 N–H and O–H groups in total. The molecule has 5 heteroatoms. The van der Waals surface area contributed by atoms with Crippen LogP contribution in [0.25, 0.3) is 0 Å². The number of halogens is 3. The molecule has 0 heterocycles. The lowest BCUT2D eigenvalue weighted by molar-refractivity contribution is 0.199. The molecule has 1 atom stereocenters. The molecule has 106 valence electrons. The maximum absolute atomic E-state index is 13.4. The molecule has 20 heavy (non-hydrogen) atoms. The van der Waals surface area contributed by atoms with Crippen molar-refractivity contribution in [1.82, 2.24) is 0 Å². The summed E-state index contributed by atoms with van der Waals surface area (Å²) in [5.74, 6) is -0.924. The molecule has 0 unspecified atom stereocenters. The average molecular weight is 299 g/mol. The van der Waals surface area contributed by atoms with Gasteiger partial charge in [0.1, 0.15) is 24.0 Å². The summed E-state index contributed by atoms with van der Waals surface area (Å²) in [7, 11) is 0. The molecule has 2 aromatic rings. The van der Waals surface area contributed by atoms with Gasteiger partial charge in [0.15, 0.2) is 0 Å². The quantitative estimate of drug-likeness (QED) is 0.914. The van der Waals surface area contributed by atoms with Crippen molar-refractivity contribution in [3.8, 4) is 5.75 Å². The van der Waals surface area contributed by atoms with E-state index in [4.69, 9.17) is 16.3 Å². The summed E-state index contributed by atoms with van der Waals surface area (Å²) in [4.78, 5) is 0. The van der Waals surface area contributed by atoms with Crippen molar-refractivity contribution in [3.63, 3.8) is 0 Å². The van der Waals surface area contributed by atoms with E-state index >= 15 is 0 Å². The van der Waals surface area contributed by atoms with Crippen molar-refractivity contribution in [2.45, 2.75) is 19.6 Å². The van der Waals surface area contributed by atoms with Gasteiger partial charge in [0.05, 0.1) is 11.1 Å². The van der Waals surface area contributed by atoms with Gasteiger partial charge in [0, 0.05) is 11.6 Å². The zero-order valence-electron chi connectivity index (χ0n) is 10.7. The third-order valence-corrected chi connectivity index (χ3v) is 3.13. The molecule has 0 aromatic heterocycles. The Kier molecular flexibility index (Phi) is 4.57. The number of hydrogen-bond acceptors (Lipinski definition) is 2. The Balaban J connectivity index is 2.11. The Bertz CT molecular complexity index is 615. The van der Waals surface area contributed by atoms with Gasteiger partial charge in [-0.1, -0.05) is 17.7 Å². The van der Waals surface area contributed by atoms with E-state index in [2.05, 4.69) is 0 Å². The van der Waals surface area contributed by atoms with Crippen LogP contribution in [0.2, 0.25) is 5.02 Å². The Labute approximate surface area is 120 Å². The second kappa shape index (κ2) is 6.20. The summed E-state index contributed by atoms with van der Waals surface area (Å²) in [6.07, 6.45) is -0.629. The van der Waals surface area contributed by atoms with Crippen LogP contribution in [0.15, 0.2) is 36.4 Å². The fraction of sp³-hybridized carbons (Fsp3) is 0.200. The fourth-order valence-corrected chi connectivity index (χ4v) is 1.93. The molecular formula is C15H13ClF2O2. The van der Waals surface area contributed by atoms with Crippen LogP contribution in [0.5, 0.6) is 5.75 Å². The number of hydrogen-bond donors (Lipinski definition) is 1. The van der Waals surface area contributed by atoms with E-state index in [0.717, 1.165) is 6.07 Å². The lowest BCUT2D eigenvalue weighted by Gasteiger charge is -2.11. The van der Waals surface area contributed by atoms with Crippen LogP contribution in [0.3, 0.4) is 0 Å². The molecule has 2 rings (SSSR count). The minimum atomic E-state index is -0.665. The Morgan fingerprint density at radius 1 is 1.20 bits per heavy atom. The molecule has 0 saturated heterocycles. The zero-order chi connectivity index (χ0) is 14.7. The van der Waals surface area contributed by atoms with Crippen molar-refractivity contribution in [3.05, 3.63) is 64.2 Å². The van der Waals surface area contributed by atoms with Crippen molar-refractivity contribution in [2.75, 3.05) is 0 Å². The molecule has 0 aliphatic rings. The van der Waals surface area contributed by atoms with E-state index in [1.54, 1.807) is 25.1 Å². The highest BCUT2D eigenvalue weighted by atomic mass is 35.5. The first-order chi connectivity index (χ1) is 9.47. The Hall–Kier alpha value is -1.65. The van der Waals surface area contributed by atoms with Crippen molar-refractivity contribution >= 4 is 11.6 Å². The molecule has 0 saturated carbocycles. The van der Waals surface area contributed by atoms with E-state index < -0.39 is 17.7 Å². The second-order valence-electron chi connectivity index (χ2n) is 4.39. The lowest BCUT2D eigenvalue weighted by Crippen LogP contribution is -2.00. The first kappa shape index (κ1) is 14.8. The highest BCUT2D eigenvalue weighted by molar-refractivity contribution is 6.32. The lowest BCUT2D eigenvalue weighted by atomic mass is 10.1.